The van der Waals surface area contributed by atoms with Crippen LogP contribution in [0.1, 0.15) is 10.5 Å². The molecule has 0 aliphatic rings. The van der Waals surface area contributed by atoms with Crippen molar-refractivity contribution < 1.29 is 9.90 Å². The molecule has 23 heavy (non-hydrogen) atoms. The van der Waals surface area contributed by atoms with E-state index in [2.05, 4.69) is 10.3 Å². The molecule has 1 aromatic heterocycles. The Kier molecular flexibility index (Phi) is 3.80. The molecule has 116 valence electrons. The summed E-state index contributed by atoms with van der Waals surface area (Å²) in [6.45, 7) is 0. The molecule has 2 aromatic carbocycles. The molecule has 1 heterocycles. The summed E-state index contributed by atoms with van der Waals surface area (Å²) in [5.41, 5.74) is 2.97. The lowest BCUT2D eigenvalue weighted by atomic mass is 10.1. The van der Waals surface area contributed by atoms with Gasteiger partial charge in [0.25, 0.3) is 0 Å². The molecule has 0 bridgehead atoms. The number of carbonyl (C=O) groups is 1. The zero-order valence-corrected chi connectivity index (χ0v) is 12.8. The molecule has 0 unspecified atom stereocenters. The Morgan fingerprint density at radius 3 is 2.26 bits per heavy atom. The predicted octanol–water partition coefficient (Wildman–Crippen LogP) is 2.70. The molecule has 6 heteroatoms. The maximum Gasteiger partial charge on any atom is 0.358 e. The zero-order chi connectivity index (χ0) is 16.4. The van der Waals surface area contributed by atoms with Crippen LogP contribution in [-0.2, 0) is 0 Å². The lowest BCUT2D eigenvalue weighted by Gasteiger charge is -2.13. The molecule has 6 nitrogen and oxygen atoms in total. The fourth-order valence-electron chi connectivity index (χ4n) is 2.35. The Bertz CT molecular complexity index is 824. The molecular formula is C17H16N4O2. The molecule has 0 saturated carbocycles. The van der Waals surface area contributed by atoms with Crippen LogP contribution in [0.3, 0.4) is 0 Å². The second kappa shape index (κ2) is 5.92. The standard InChI is InChI=1S/C17H16N4O2/c1-20(2)13-8-10-14(11-9-13)21-16(12-6-4-3-5-7-12)15(17(22)23)18-19-21/h3-11H,1-2H3,(H,22,23). The van der Waals surface area contributed by atoms with E-state index in [1.54, 1.807) is 4.68 Å². The van der Waals surface area contributed by atoms with Gasteiger partial charge in [0.1, 0.15) is 5.69 Å². The fourth-order valence-corrected chi connectivity index (χ4v) is 2.35. The number of hydrogen-bond acceptors (Lipinski definition) is 4. The van der Waals surface area contributed by atoms with Crippen molar-refractivity contribution in [2.45, 2.75) is 0 Å². The molecule has 3 rings (SSSR count). The van der Waals surface area contributed by atoms with Crippen LogP contribution in [0.2, 0.25) is 0 Å². The first-order valence-electron chi connectivity index (χ1n) is 7.10. The predicted molar refractivity (Wildman–Crippen MR) is 88.1 cm³/mol. The number of nitrogens with zero attached hydrogens (tertiary/aromatic N) is 4. The van der Waals surface area contributed by atoms with Crippen molar-refractivity contribution in [2.75, 3.05) is 19.0 Å². The Balaban J connectivity index is 2.15. The summed E-state index contributed by atoms with van der Waals surface area (Å²) >= 11 is 0. The van der Waals surface area contributed by atoms with E-state index in [4.69, 9.17) is 0 Å². The monoisotopic (exact) mass is 308 g/mol. The quantitative estimate of drug-likeness (QED) is 0.802. The van der Waals surface area contributed by atoms with Crippen molar-refractivity contribution in [3.8, 4) is 16.9 Å². The maximum absolute atomic E-state index is 11.5. The van der Waals surface area contributed by atoms with Crippen molar-refractivity contribution >= 4 is 11.7 Å². The van der Waals surface area contributed by atoms with Crippen molar-refractivity contribution in [2.24, 2.45) is 0 Å². The highest BCUT2D eigenvalue weighted by atomic mass is 16.4. The van der Waals surface area contributed by atoms with E-state index in [0.717, 1.165) is 16.9 Å². The highest BCUT2D eigenvalue weighted by Crippen LogP contribution is 2.26. The number of carboxylic acid groups (broad SMARTS) is 1. The van der Waals surface area contributed by atoms with Crippen molar-refractivity contribution in [1.82, 2.24) is 15.0 Å². The van der Waals surface area contributed by atoms with Gasteiger partial charge in [0.2, 0.25) is 0 Å². The average Bonchev–Trinajstić information content (AvgIpc) is 3.01. The number of carboxylic acids is 1. The molecule has 0 saturated heterocycles. The summed E-state index contributed by atoms with van der Waals surface area (Å²) < 4.78 is 1.55. The number of hydrogen-bond donors (Lipinski definition) is 1. The van der Waals surface area contributed by atoms with Gasteiger partial charge < -0.3 is 10.0 Å². The second-order valence-corrected chi connectivity index (χ2v) is 5.28. The van der Waals surface area contributed by atoms with E-state index in [-0.39, 0.29) is 5.69 Å². The normalized spacial score (nSPS) is 10.5. The van der Waals surface area contributed by atoms with E-state index in [0.29, 0.717) is 5.69 Å². The van der Waals surface area contributed by atoms with Gasteiger partial charge in [-0.3, -0.25) is 0 Å². The molecule has 0 spiro atoms. The summed E-state index contributed by atoms with van der Waals surface area (Å²) in [6.07, 6.45) is 0. The smallest absolute Gasteiger partial charge is 0.358 e. The molecule has 3 aromatic rings. The largest absolute Gasteiger partial charge is 0.476 e. The minimum absolute atomic E-state index is 0.0621. The first-order chi connectivity index (χ1) is 11.1. The van der Waals surface area contributed by atoms with Gasteiger partial charge in [-0.05, 0) is 24.3 Å². The molecule has 1 N–H and O–H groups in total. The van der Waals surface area contributed by atoms with Gasteiger partial charge in [0.15, 0.2) is 5.69 Å². The van der Waals surface area contributed by atoms with Gasteiger partial charge in [0.05, 0.1) is 5.69 Å². The minimum atomic E-state index is -1.10. The van der Waals surface area contributed by atoms with E-state index >= 15 is 0 Å². The number of aromatic carboxylic acids is 1. The Morgan fingerprint density at radius 1 is 1.04 bits per heavy atom. The highest BCUT2D eigenvalue weighted by Gasteiger charge is 2.21. The molecule has 0 amide bonds. The summed E-state index contributed by atoms with van der Waals surface area (Å²) in [5, 5.41) is 17.2. The maximum atomic E-state index is 11.5. The van der Waals surface area contributed by atoms with Crippen LogP contribution in [0.15, 0.2) is 54.6 Å². The first kappa shape index (κ1) is 14.8. The molecule has 0 atom stereocenters. The lowest BCUT2D eigenvalue weighted by Crippen LogP contribution is -2.08. The first-order valence-corrected chi connectivity index (χ1v) is 7.10. The number of rotatable bonds is 4. The Labute approximate surface area is 133 Å². The van der Waals surface area contributed by atoms with Gasteiger partial charge in [-0.2, -0.15) is 0 Å². The van der Waals surface area contributed by atoms with Crippen molar-refractivity contribution in [1.29, 1.82) is 0 Å². The number of aromatic nitrogens is 3. The second-order valence-electron chi connectivity index (χ2n) is 5.28. The minimum Gasteiger partial charge on any atom is -0.476 e. The van der Waals surface area contributed by atoms with E-state index in [9.17, 15) is 9.90 Å². The topological polar surface area (TPSA) is 71.2 Å². The van der Waals surface area contributed by atoms with Gasteiger partial charge in [-0.15, -0.1) is 5.10 Å². The third-order valence-corrected chi connectivity index (χ3v) is 3.53. The van der Waals surface area contributed by atoms with Gasteiger partial charge in [-0.1, -0.05) is 35.5 Å². The molecule has 0 aliphatic carbocycles. The fraction of sp³-hybridized carbons (Fsp3) is 0.118. The van der Waals surface area contributed by atoms with E-state index in [1.165, 1.54) is 0 Å². The summed E-state index contributed by atoms with van der Waals surface area (Å²) in [6, 6.07) is 17.0. The van der Waals surface area contributed by atoms with Crippen LogP contribution in [-0.4, -0.2) is 40.2 Å². The summed E-state index contributed by atoms with van der Waals surface area (Å²) in [4.78, 5) is 13.5. The van der Waals surface area contributed by atoms with Crippen molar-refractivity contribution in [3.05, 3.63) is 60.3 Å². The van der Waals surface area contributed by atoms with Crippen LogP contribution in [0.5, 0.6) is 0 Å². The van der Waals surface area contributed by atoms with Crippen molar-refractivity contribution in [3.63, 3.8) is 0 Å². The third-order valence-electron chi connectivity index (χ3n) is 3.53. The van der Waals surface area contributed by atoms with Crippen LogP contribution >= 0.6 is 0 Å². The SMILES string of the molecule is CN(C)c1ccc(-n2nnc(C(=O)O)c2-c2ccccc2)cc1. The van der Waals surface area contributed by atoms with Gasteiger partial charge in [-0.25, -0.2) is 9.48 Å². The third kappa shape index (κ3) is 2.78. The van der Waals surface area contributed by atoms with Crippen LogP contribution in [0.25, 0.3) is 16.9 Å². The molecule has 0 aliphatic heterocycles. The molecule has 0 fully saturated rings. The van der Waals surface area contributed by atoms with E-state index in [1.807, 2.05) is 73.6 Å². The summed E-state index contributed by atoms with van der Waals surface area (Å²) in [5.74, 6) is -1.10. The lowest BCUT2D eigenvalue weighted by molar-refractivity contribution is 0.0691. The number of benzene rings is 2. The van der Waals surface area contributed by atoms with Crippen LogP contribution < -0.4 is 4.90 Å². The zero-order valence-electron chi connectivity index (χ0n) is 12.8. The van der Waals surface area contributed by atoms with Crippen LogP contribution in [0.4, 0.5) is 5.69 Å². The Hall–Kier alpha value is -3.15. The Morgan fingerprint density at radius 2 is 1.70 bits per heavy atom. The highest BCUT2D eigenvalue weighted by molar-refractivity contribution is 5.93. The van der Waals surface area contributed by atoms with Crippen LogP contribution in [0, 0.1) is 0 Å². The molecular weight excluding hydrogens is 292 g/mol. The molecule has 0 radical (unpaired) electrons. The van der Waals surface area contributed by atoms with Gasteiger partial charge >= 0.3 is 5.97 Å². The average molecular weight is 308 g/mol. The number of anilines is 1. The summed E-state index contributed by atoms with van der Waals surface area (Å²) in [7, 11) is 3.92. The van der Waals surface area contributed by atoms with E-state index < -0.39 is 5.97 Å². The van der Waals surface area contributed by atoms with Gasteiger partial charge in [0, 0.05) is 25.3 Å².